The first kappa shape index (κ1) is 25.0. The van der Waals surface area contributed by atoms with Crippen LogP contribution < -0.4 is 0 Å². The highest BCUT2D eigenvalue weighted by atomic mass is 32.2. The summed E-state index contributed by atoms with van der Waals surface area (Å²) in [5.74, 6) is 0.969. The smallest absolute Gasteiger partial charge is 0.243 e. The third kappa shape index (κ3) is 5.51. The Morgan fingerprint density at radius 3 is 2.77 bits per heavy atom. The number of rotatable bonds is 9. The molecule has 0 bridgehead atoms. The first-order chi connectivity index (χ1) is 17.1. The molecule has 0 spiro atoms. The third-order valence-electron chi connectivity index (χ3n) is 6.89. The fraction of sp³-hybridized carbons (Fsp3) is 0.520. The van der Waals surface area contributed by atoms with Crippen LogP contribution in [0.3, 0.4) is 0 Å². The molecule has 0 atom stereocenters. The minimum atomic E-state index is -3.39. The molecule has 7 nitrogen and oxygen atoms in total. The van der Waals surface area contributed by atoms with Crippen molar-refractivity contribution in [2.45, 2.75) is 62.0 Å². The molecule has 188 valence electrons. The molecule has 4 heterocycles. The number of thioether (sulfide) groups is 1. The summed E-state index contributed by atoms with van der Waals surface area (Å²) in [4.78, 5) is 4.24. The molecule has 1 fully saturated rings. The van der Waals surface area contributed by atoms with Crippen molar-refractivity contribution >= 4 is 33.1 Å². The van der Waals surface area contributed by atoms with Crippen molar-refractivity contribution < 1.29 is 8.42 Å². The van der Waals surface area contributed by atoms with Crippen LogP contribution in [-0.2, 0) is 29.4 Å². The molecule has 0 unspecified atom stereocenters. The Balaban J connectivity index is 1.17. The van der Waals surface area contributed by atoms with E-state index in [1.165, 1.54) is 16.1 Å². The number of thiophene rings is 1. The van der Waals surface area contributed by atoms with Crippen LogP contribution in [0, 0.1) is 0 Å². The Kier molecular flexibility index (Phi) is 7.93. The third-order valence-corrected chi connectivity index (χ3v) is 10.9. The molecule has 2 aromatic heterocycles. The number of hydrogen-bond donors (Lipinski definition) is 0. The zero-order valence-corrected chi connectivity index (χ0v) is 22.7. The minimum absolute atomic E-state index is 0.453. The average molecular weight is 532 g/mol. The van der Waals surface area contributed by atoms with Crippen molar-refractivity contribution in [3.63, 3.8) is 0 Å². The molecule has 0 amide bonds. The van der Waals surface area contributed by atoms with Crippen molar-refractivity contribution in [3.05, 3.63) is 52.0 Å². The van der Waals surface area contributed by atoms with Crippen LogP contribution in [0.4, 0.5) is 0 Å². The van der Waals surface area contributed by atoms with Gasteiger partial charge in [0.25, 0.3) is 0 Å². The van der Waals surface area contributed by atoms with Gasteiger partial charge >= 0.3 is 0 Å². The zero-order chi connectivity index (χ0) is 24.3. The summed E-state index contributed by atoms with van der Waals surface area (Å²) in [7, 11) is -3.39. The summed E-state index contributed by atoms with van der Waals surface area (Å²) in [5.41, 5.74) is 3.63. The molecule has 0 N–H and O–H groups in total. The number of aryl methyl sites for hydroxylation is 1. The van der Waals surface area contributed by atoms with Gasteiger partial charge in [0.05, 0.1) is 10.6 Å². The van der Waals surface area contributed by atoms with Crippen LogP contribution in [0.25, 0.3) is 5.69 Å². The lowest BCUT2D eigenvalue weighted by atomic mass is 10.00. The number of nitrogens with zero attached hydrogens (tertiary/aromatic N) is 5. The van der Waals surface area contributed by atoms with E-state index in [4.69, 9.17) is 0 Å². The van der Waals surface area contributed by atoms with E-state index in [0.717, 1.165) is 74.6 Å². The van der Waals surface area contributed by atoms with Crippen LogP contribution in [0.2, 0.25) is 0 Å². The van der Waals surface area contributed by atoms with Gasteiger partial charge in [0.1, 0.15) is 6.33 Å². The van der Waals surface area contributed by atoms with Gasteiger partial charge in [-0.2, -0.15) is 4.31 Å². The van der Waals surface area contributed by atoms with Crippen LogP contribution in [0.5, 0.6) is 0 Å². The number of hydrogen-bond acceptors (Lipinski definition) is 7. The largest absolute Gasteiger partial charge is 0.299 e. The SMILES string of the molecule is CCc1sccc1-n1cnnc1SCCCN1CCc2ccc(S(=O)(=O)N3CCCCC3)cc2C1. The van der Waals surface area contributed by atoms with E-state index in [-0.39, 0.29) is 0 Å². The van der Waals surface area contributed by atoms with Gasteiger partial charge in [0.2, 0.25) is 10.0 Å². The molecule has 35 heavy (non-hydrogen) atoms. The maximum absolute atomic E-state index is 13.1. The van der Waals surface area contributed by atoms with E-state index in [1.54, 1.807) is 33.7 Å². The van der Waals surface area contributed by atoms with Crippen LogP contribution in [0.15, 0.2) is 46.0 Å². The molecule has 0 radical (unpaired) electrons. The van der Waals surface area contributed by atoms with Crippen LogP contribution in [0.1, 0.15) is 48.6 Å². The second kappa shape index (κ2) is 11.1. The van der Waals surface area contributed by atoms with E-state index in [2.05, 4.69) is 38.0 Å². The van der Waals surface area contributed by atoms with Gasteiger partial charge in [-0.3, -0.25) is 9.47 Å². The van der Waals surface area contributed by atoms with Crippen LogP contribution in [-0.4, -0.2) is 64.3 Å². The molecule has 1 saturated heterocycles. The van der Waals surface area contributed by atoms with E-state index >= 15 is 0 Å². The summed E-state index contributed by atoms with van der Waals surface area (Å²) in [6, 6.07) is 7.90. The predicted molar refractivity (Wildman–Crippen MR) is 142 cm³/mol. The number of piperidine rings is 1. The van der Waals surface area contributed by atoms with E-state index in [0.29, 0.717) is 18.0 Å². The number of sulfonamides is 1. The number of benzene rings is 1. The van der Waals surface area contributed by atoms with E-state index in [9.17, 15) is 8.42 Å². The lowest BCUT2D eigenvalue weighted by molar-refractivity contribution is 0.255. The van der Waals surface area contributed by atoms with Gasteiger partial charge in [-0.25, -0.2) is 8.42 Å². The van der Waals surface area contributed by atoms with E-state index in [1.807, 2.05) is 18.2 Å². The standard InChI is InChI=1S/C25H33N5O2S3/c1-2-24-23(10-16-33-24)30-19-26-27-25(30)34-15-6-11-28-14-9-20-7-8-22(17-21(20)18-28)35(31,32)29-12-4-3-5-13-29/h7-8,10,16-17,19H,2-6,9,11-15,18H2,1H3. The first-order valence-corrected chi connectivity index (χ1v) is 15.8. The molecule has 5 rings (SSSR count). The highest BCUT2D eigenvalue weighted by Crippen LogP contribution is 2.28. The minimum Gasteiger partial charge on any atom is -0.299 e. The predicted octanol–water partition coefficient (Wildman–Crippen LogP) is 4.61. The summed E-state index contributed by atoms with van der Waals surface area (Å²) < 4.78 is 30.0. The fourth-order valence-electron chi connectivity index (χ4n) is 4.95. The average Bonchev–Trinajstić information content (AvgIpc) is 3.55. The van der Waals surface area contributed by atoms with Crippen molar-refractivity contribution in [1.82, 2.24) is 24.0 Å². The fourth-order valence-corrected chi connectivity index (χ4v) is 8.18. The summed E-state index contributed by atoms with van der Waals surface area (Å²) >= 11 is 3.53. The highest BCUT2D eigenvalue weighted by Gasteiger charge is 2.27. The lowest BCUT2D eigenvalue weighted by Gasteiger charge is -2.30. The number of aromatic nitrogens is 3. The van der Waals surface area contributed by atoms with Gasteiger partial charge in [-0.15, -0.1) is 21.5 Å². The van der Waals surface area contributed by atoms with Gasteiger partial charge in [-0.1, -0.05) is 31.2 Å². The Bertz CT molecular complexity index is 1250. The monoisotopic (exact) mass is 531 g/mol. The van der Waals surface area contributed by atoms with Gasteiger partial charge in [0.15, 0.2) is 5.16 Å². The normalized spacial score (nSPS) is 17.5. The van der Waals surface area contributed by atoms with Gasteiger partial charge in [-0.05, 0) is 73.4 Å². The van der Waals surface area contributed by atoms with E-state index < -0.39 is 10.0 Å². The Hall–Kier alpha value is -1.72. The molecule has 3 aromatic rings. The zero-order valence-electron chi connectivity index (χ0n) is 20.2. The summed E-state index contributed by atoms with van der Waals surface area (Å²) in [5, 5.41) is 11.5. The quantitative estimate of drug-likeness (QED) is 0.297. The molecule has 0 aliphatic carbocycles. The molecule has 2 aliphatic rings. The summed E-state index contributed by atoms with van der Waals surface area (Å²) in [6.07, 6.45) is 7.86. The van der Waals surface area contributed by atoms with Crippen molar-refractivity contribution in [1.29, 1.82) is 0 Å². The topological polar surface area (TPSA) is 71.3 Å². The molecule has 1 aromatic carbocycles. The maximum Gasteiger partial charge on any atom is 0.243 e. The summed E-state index contributed by atoms with van der Waals surface area (Å²) in [6.45, 7) is 6.28. The Morgan fingerprint density at radius 2 is 1.94 bits per heavy atom. The van der Waals surface area contributed by atoms with Crippen molar-refractivity contribution in [2.24, 2.45) is 0 Å². The number of fused-ring (bicyclic) bond motifs is 1. The Morgan fingerprint density at radius 1 is 1.09 bits per heavy atom. The first-order valence-electron chi connectivity index (χ1n) is 12.5. The molecular weight excluding hydrogens is 499 g/mol. The lowest BCUT2D eigenvalue weighted by Crippen LogP contribution is -2.36. The maximum atomic E-state index is 13.1. The molecule has 2 aliphatic heterocycles. The van der Waals surface area contributed by atoms with Crippen molar-refractivity contribution in [3.8, 4) is 5.69 Å². The Labute approximate surface area is 216 Å². The molecular formula is C25H33N5O2S3. The second-order valence-electron chi connectivity index (χ2n) is 9.19. The van der Waals surface area contributed by atoms with Gasteiger partial charge < -0.3 is 0 Å². The highest BCUT2D eigenvalue weighted by molar-refractivity contribution is 7.99. The second-order valence-corrected chi connectivity index (χ2v) is 13.2. The van der Waals surface area contributed by atoms with Crippen LogP contribution >= 0.6 is 23.1 Å². The molecule has 10 heteroatoms. The van der Waals surface area contributed by atoms with Crippen molar-refractivity contribution in [2.75, 3.05) is 31.9 Å². The van der Waals surface area contributed by atoms with Gasteiger partial charge in [0, 0.05) is 36.8 Å². The molecule has 0 saturated carbocycles.